The minimum absolute atomic E-state index is 0.0220. The number of nitrogens with zero attached hydrogens (tertiary/aromatic N) is 1. The zero-order valence-electron chi connectivity index (χ0n) is 14.5. The standard InChI is InChI=1S/C16H22F3NO4S2/c1-12(2)11-25(21,22)15-4-3-9-20(10-15)26(23,24)14-7-5-13(6-8-14)16(17,18)19/h5-8,12,15H,3-4,9-11H2,1-2H3. The Balaban J connectivity index is 2.23. The van der Waals surface area contributed by atoms with E-state index in [1.54, 1.807) is 13.8 Å². The van der Waals surface area contributed by atoms with Gasteiger partial charge in [-0.15, -0.1) is 0 Å². The first-order valence-electron chi connectivity index (χ1n) is 8.23. The first-order chi connectivity index (χ1) is 11.8. The van der Waals surface area contributed by atoms with E-state index in [0.29, 0.717) is 25.0 Å². The molecule has 0 aliphatic carbocycles. The average Bonchev–Trinajstić information content (AvgIpc) is 2.53. The largest absolute Gasteiger partial charge is 0.416 e. The Kier molecular flexibility index (Phi) is 6.09. The van der Waals surface area contributed by atoms with Crippen LogP contribution in [0.25, 0.3) is 0 Å². The summed E-state index contributed by atoms with van der Waals surface area (Å²) in [4.78, 5) is -0.271. The van der Waals surface area contributed by atoms with Gasteiger partial charge >= 0.3 is 6.18 Å². The third-order valence-corrected chi connectivity index (χ3v) is 8.64. The summed E-state index contributed by atoms with van der Waals surface area (Å²) >= 11 is 0. The number of piperidine rings is 1. The molecule has 1 unspecified atom stereocenters. The van der Waals surface area contributed by atoms with Crippen molar-refractivity contribution in [2.24, 2.45) is 5.92 Å². The Morgan fingerprint density at radius 1 is 1.12 bits per heavy atom. The van der Waals surface area contributed by atoms with Crippen molar-refractivity contribution in [1.29, 1.82) is 0 Å². The SMILES string of the molecule is CC(C)CS(=O)(=O)C1CCCN(S(=O)(=O)c2ccc(C(F)(F)F)cc2)C1. The summed E-state index contributed by atoms with van der Waals surface area (Å²) in [5.41, 5.74) is -0.938. The van der Waals surface area contributed by atoms with Crippen LogP contribution in [0, 0.1) is 5.92 Å². The summed E-state index contributed by atoms with van der Waals surface area (Å²) in [7, 11) is -7.48. The highest BCUT2D eigenvalue weighted by atomic mass is 32.2. The second kappa shape index (κ2) is 7.47. The van der Waals surface area contributed by atoms with Gasteiger partial charge in [-0.2, -0.15) is 17.5 Å². The van der Waals surface area contributed by atoms with Gasteiger partial charge in [-0.25, -0.2) is 16.8 Å². The van der Waals surface area contributed by atoms with Gasteiger partial charge in [0, 0.05) is 13.1 Å². The second-order valence-electron chi connectivity index (χ2n) is 6.87. The Morgan fingerprint density at radius 3 is 2.19 bits per heavy atom. The Morgan fingerprint density at radius 2 is 1.69 bits per heavy atom. The number of sulfonamides is 1. The fraction of sp³-hybridized carbons (Fsp3) is 0.625. The molecule has 0 radical (unpaired) electrons. The molecule has 1 aromatic rings. The Bertz CT molecular complexity index is 831. The topological polar surface area (TPSA) is 71.5 Å². The lowest BCUT2D eigenvalue weighted by atomic mass is 10.2. The first-order valence-corrected chi connectivity index (χ1v) is 11.4. The van der Waals surface area contributed by atoms with Crippen molar-refractivity contribution in [3.8, 4) is 0 Å². The summed E-state index contributed by atoms with van der Waals surface area (Å²) in [5.74, 6) is -0.0897. The molecule has 148 valence electrons. The molecule has 1 saturated heterocycles. The molecule has 1 aliphatic rings. The van der Waals surface area contributed by atoms with E-state index in [-0.39, 0.29) is 29.7 Å². The molecule has 1 atom stereocenters. The van der Waals surface area contributed by atoms with E-state index in [1.807, 2.05) is 0 Å². The molecule has 1 heterocycles. The minimum Gasteiger partial charge on any atom is -0.228 e. The van der Waals surface area contributed by atoms with E-state index in [2.05, 4.69) is 0 Å². The predicted molar refractivity (Wildman–Crippen MR) is 91.8 cm³/mol. The van der Waals surface area contributed by atoms with Gasteiger partial charge in [0.1, 0.15) is 0 Å². The van der Waals surface area contributed by atoms with Crippen LogP contribution in [0.3, 0.4) is 0 Å². The normalized spacial score (nSPS) is 20.5. The molecule has 1 aliphatic heterocycles. The van der Waals surface area contributed by atoms with E-state index < -0.39 is 36.9 Å². The highest BCUT2D eigenvalue weighted by molar-refractivity contribution is 7.92. The zero-order valence-corrected chi connectivity index (χ0v) is 16.2. The molecule has 0 amide bonds. The average molecular weight is 413 g/mol. The maximum absolute atomic E-state index is 12.7. The van der Waals surface area contributed by atoms with Crippen molar-refractivity contribution in [3.05, 3.63) is 29.8 Å². The molecular weight excluding hydrogens is 391 g/mol. The van der Waals surface area contributed by atoms with Gasteiger partial charge < -0.3 is 0 Å². The van der Waals surface area contributed by atoms with E-state index in [4.69, 9.17) is 0 Å². The molecule has 1 fully saturated rings. The van der Waals surface area contributed by atoms with Crippen molar-refractivity contribution in [2.75, 3.05) is 18.8 Å². The van der Waals surface area contributed by atoms with Crippen molar-refractivity contribution in [1.82, 2.24) is 4.31 Å². The zero-order chi connectivity index (χ0) is 19.8. The Hall–Kier alpha value is -1.13. The van der Waals surface area contributed by atoms with E-state index >= 15 is 0 Å². The fourth-order valence-corrected chi connectivity index (χ4v) is 6.73. The van der Waals surface area contributed by atoms with Gasteiger partial charge in [0.05, 0.1) is 21.5 Å². The van der Waals surface area contributed by atoms with Crippen LogP contribution in [0.5, 0.6) is 0 Å². The molecule has 0 N–H and O–H groups in total. The summed E-state index contributed by atoms with van der Waals surface area (Å²) in [5, 5.41) is -0.789. The number of rotatable bonds is 5. The van der Waals surface area contributed by atoms with Crippen molar-refractivity contribution in [2.45, 2.75) is 43.0 Å². The molecule has 0 saturated carbocycles. The number of benzene rings is 1. The number of sulfone groups is 1. The fourth-order valence-electron chi connectivity index (χ4n) is 2.98. The predicted octanol–water partition coefficient (Wildman–Crippen LogP) is 2.93. The lowest BCUT2D eigenvalue weighted by Gasteiger charge is -2.32. The van der Waals surface area contributed by atoms with Gasteiger partial charge in [-0.3, -0.25) is 0 Å². The smallest absolute Gasteiger partial charge is 0.228 e. The molecular formula is C16H22F3NO4S2. The van der Waals surface area contributed by atoms with Gasteiger partial charge in [0.2, 0.25) is 10.0 Å². The van der Waals surface area contributed by atoms with Crippen LogP contribution in [-0.4, -0.2) is 45.2 Å². The van der Waals surface area contributed by atoms with E-state index in [1.165, 1.54) is 0 Å². The summed E-state index contributed by atoms with van der Waals surface area (Å²) in [6.07, 6.45) is -3.78. The lowest BCUT2D eigenvalue weighted by Crippen LogP contribution is -2.46. The molecule has 0 bridgehead atoms. The van der Waals surface area contributed by atoms with Crippen LogP contribution in [0.1, 0.15) is 32.3 Å². The molecule has 2 rings (SSSR count). The number of halogens is 3. The first kappa shape index (κ1) is 21.2. The quantitative estimate of drug-likeness (QED) is 0.744. The van der Waals surface area contributed by atoms with Crippen molar-refractivity contribution < 1.29 is 30.0 Å². The molecule has 0 aromatic heterocycles. The van der Waals surface area contributed by atoms with Crippen LogP contribution in [0.15, 0.2) is 29.2 Å². The molecule has 26 heavy (non-hydrogen) atoms. The summed E-state index contributed by atoms with van der Waals surface area (Å²) < 4.78 is 89.2. The second-order valence-corrected chi connectivity index (χ2v) is 11.1. The van der Waals surface area contributed by atoms with Crippen LogP contribution >= 0.6 is 0 Å². The van der Waals surface area contributed by atoms with Crippen LogP contribution in [0.2, 0.25) is 0 Å². The number of hydrogen-bond donors (Lipinski definition) is 0. The van der Waals surface area contributed by atoms with Crippen LogP contribution in [0.4, 0.5) is 13.2 Å². The monoisotopic (exact) mass is 413 g/mol. The van der Waals surface area contributed by atoms with Crippen LogP contribution in [-0.2, 0) is 26.0 Å². The van der Waals surface area contributed by atoms with Gasteiger partial charge in [0.25, 0.3) is 0 Å². The minimum atomic E-state index is -4.55. The molecule has 0 spiro atoms. The Labute approximate surface area is 152 Å². The summed E-state index contributed by atoms with van der Waals surface area (Å²) in [6.45, 7) is 3.53. The molecule has 5 nitrogen and oxygen atoms in total. The van der Waals surface area contributed by atoms with E-state index in [0.717, 1.165) is 16.4 Å². The number of alkyl halides is 3. The van der Waals surface area contributed by atoms with Gasteiger partial charge in [-0.05, 0) is 43.0 Å². The summed E-state index contributed by atoms with van der Waals surface area (Å²) in [6, 6.07) is 3.24. The third-order valence-electron chi connectivity index (χ3n) is 4.23. The number of hydrogen-bond acceptors (Lipinski definition) is 4. The van der Waals surface area contributed by atoms with Gasteiger partial charge in [-0.1, -0.05) is 13.8 Å². The van der Waals surface area contributed by atoms with Crippen molar-refractivity contribution >= 4 is 19.9 Å². The third kappa shape index (κ3) is 4.77. The highest BCUT2D eigenvalue weighted by Crippen LogP contribution is 2.31. The van der Waals surface area contributed by atoms with Crippen LogP contribution < -0.4 is 0 Å². The maximum Gasteiger partial charge on any atom is 0.416 e. The van der Waals surface area contributed by atoms with E-state index in [9.17, 15) is 30.0 Å². The van der Waals surface area contributed by atoms with Crippen molar-refractivity contribution in [3.63, 3.8) is 0 Å². The molecule has 1 aromatic carbocycles. The maximum atomic E-state index is 12.7. The highest BCUT2D eigenvalue weighted by Gasteiger charge is 2.37. The van der Waals surface area contributed by atoms with Gasteiger partial charge in [0.15, 0.2) is 9.84 Å². The lowest BCUT2D eigenvalue weighted by molar-refractivity contribution is -0.137. The molecule has 10 heteroatoms.